The van der Waals surface area contributed by atoms with Gasteiger partial charge in [0.1, 0.15) is 22.3 Å². The van der Waals surface area contributed by atoms with Crippen LogP contribution in [-0.2, 0) is 14.8 Å². The predicted octanol–water partition coefficient (Wildman–Crippen LogP) is 2.21. The van der Waals surface area contributed by atoms with Crippen LogP contribution in [0.1, 0.15) is 29.9 Å². The fourth-order valence-corrected chi connectivity index (χ4v) is 4.95. The third-order valence-electron chi connectivity index (χ3n) is 4.95. The first-order chi connectivity index (χ1) is 13.1. The van der Waals surface area contributed by atoms with Gasteiger partial charge in [0, 0.05) is 37.8 Å². The first-order valence-electron chi connectivity index (χ1n) is 8.79. The van der Waals surface area contributed by atoms with Crippen molar-refractivity contribution >= 4 is 15.9 Å². The standard InChI is InChI=1S/C18H21F2N3O4S/c1-11(17-12(2)21-27-13(17)3)18(24)22-6-8-23(9-7-22)28(25,26)16-5-4-14(19)10-15(16)20/h4-5,10-11H,6-9H2,1-3H3. The van der Waals surface area contributed by atoms with Crippen molar-refractivity contribution in [3.63, 3.8) is 0 Å². The molecule has 1 aliphatic heterocycles. The monoisotopic (exact) mass is 413 g/mol. The number of sulfonamides is 1. The van der Waals surface area contributed by atoms with Gasteiger partial charge in [0.25, 0.3) is 0 Å². The largest absolute Gasteiger partial charge is 0.361 e. The van der Waals surface area contributed by atoms with Crippen LogP contribution < -0.4 is 0 Å². The average Bonchev–Trinajstić information content (AvgIpc) is 2.98. The van der Waals surface area contributed by atoms with E-state index in [1.54, 1.807) is 25.7 Å². The molecule has 0 bridgehead atoms. The number of hydrogen-bond acceptors (Lipinski definition) is 5. The molecule has 1 aliphatic rings. The van der Waals surface area contributed by atoms with Gasteiger partial charge in [-0.05, 0) is 32.9 Å². The van der Waals surface area contributed by atoms with Gasteiger partial charge in [-0.1, -0.05) is 5.16 Å². The number of benzene rings is 1. The van der Waals surface area contributed by atoms with Crippen molar-refractivity contribution < 1.29 is 26.5 Å². The molecule has 0 aliphatic carbocycles. The minimum absolute atomic E-state index is 0.0270. The van der Waals surface area contributed by atoms with Gasteiger partial charge >= 0.3 is 0 Å². The fourth-order valence-electron chi connectivity index (χ4n) is 3.48. The van der Waals surface area contributed by atoms with E-state index in [1.807, 2.05) is 0 Å². The molecule has 0 radical (unpaired) electrons. The van der Waals surface area contributed by atoms with Gasteiger partial charge < -0.3 is 9.42 Å². The number of nitrogens with zero attached hydrogens (tertiary/aromatic N) is 3. The molecular formula is C18H21F2N3O4S. The number of carbonyl (C=O) groups is 1. The predicted molar refractivity (Wildman–Crippen MR) is 96.1 cm³/mol. The molecule has 0 spiro atoms. The average molecular weight is 413 g/mol. The van der Waals surface area contributed by atoms with Crippen molar-refractivity contribution in [2.75, 3.05) is 26.2 Å². The molecular weight excluding hydrogens is 392 g/mol. The normalized spacial score (nSPS) is 17.0. The summed E-state index contributed by atoms with van der Waals surface area (Å²) in [6, 6.07) is 2.36. The summed E-state index contributed by atoms with van der Waals surface area (Å²) in [5.41, 5.74) is 1.37. The SMILES string of the molecule is Cc1noc(C)c1C(C)C(=O)N1CCN(S(=O)(=O)c2ccc(F)cc2F)CC1. The highest BCUT2D eigenvalue weighted by molar-refractivity contribution is 7.89. The van der Waals surface area contributed by atoms with Crippen LogP contribution in [0.2, 0.25) is 0 Å². The molecule has 1 unspecified atom stereocenters. The van der Waals surface area contributed by atoms with Crippen LogP contribution in [0.15, 0.2) is 27.6 Å². The Morgan fingerprint density at radius 2 is 1.82 bits per heavy atom. The van der Waals surface area contributed by atoms with Crippen molar-refractivity contribution in [3.8, 4) is 0 Å². The summed E-state index contributed by atoms with van der Waals surface area (Å²) < 4.78 is 58.5. The van der Waals surface area contributed by atoms with E-state index in [0.717, 1.165) is 22.0 Å². The zero-order valence-electron chi connectivity index (χ0n) is 15.8. The molecule has 2 aromatic rings. The van der Waals surface area contributed by atoms with E-state index in [2.05, 4.69) is 5.16 Å². The third-order valence-corrected chi connectivity index (χ3v) is 6.89. The number of piperazine rings is 1. The molecule has 1 fully saturated rings. The fraction of sp³-hybridized carbons (Fsp3) is 0.444. The lowest BCUT2D eigenvalue weighted by Gasteiger charge is -2.35. The Labute approximate surface area is 162 Å². The van der Waals surface area contributed by atoms with Crippen LogP contribution >= 0.6 is 0 Å². The van der Waals surface area contributed by atoms with Crippen LogP contribution in [0.5, 0.6) is 0 Å². The van der Waals surface area contributed by atoms with Gasteiger partial charge in [0.15, 0.2) is 0 Å². The zero-order chi connectivity index (χ0) is 20.6. The summed E-state index contributed by atoms with van der Waals surface area (Å²) >= 11 is 0. The van der Waals surface area contributed by atoms with Crippen molar-refractivity contribution in [2.45, 2.75) is 31.6 Å². The smallest absolute Gasteiger partial charge is 0.246 e. The first-order valence-corrected chi connectivity index (χ1v) is 10.2. The number of aryl methyl sites for hydroxylation is 2. The van der Waals surface area contributed by atoms with Crippen LogP contribution in [0.3, 0.4) is 0 Å². The van der Waals surface area contributed by atoms with Gasteiger partial charge in [-0.2, -0.15) is 4.31 Å². The highest BCUT2D eigenvalue weighted by Crippen LogP contribution is 2.26. The number of carbonyl (C=O) groups excluding carboxylic acids is 1. The highest BCUT2D eigenvalue weighted by Gasteiger charge is 2.34. The second-order valence-corrected chi connectivity index (χ2v) is 8.67. The molecule has 0 saturated carbocycles. The lowest BCUT2D eigenvalue weighted by Crippen LogP contribution is -2.51. The van der Waals surface area contributed by atoms with Crippen LogP contribution in [0.25, 0.3) is 0 Å². The number of amides is 1. The van der Waals surface area contributed by atoms with E-state index in [0.29, 0.717) is 17.5 Å². The number of aromatic nitrogens is 1. The van der Waals surface area contributed by atoms with Gasteiger partial charge in [0.05, 0.1) is 11.6 Å². The zero-order valence-corrected chi connectivity index (χ0v) is 16.6. The quantitative estimate of drug-likeness (QED) is 0.767. The summed E-state index contributed by atoms with van der Waals surface area (Å²) in [5, 5.41) is 3.86. The van der Waals surface area contributed by atoms with E-state index >= 15 is 0 Å². The number of hydrogen-bond donors (Lipinski definition) is 0. The minimum atomic E-state index is -4.11. The molecule has 28 heavy (non-hydrogen) atoms. The van der Waals surface area contributed by atoms with Crippen LogP contribution in [0, 0.1) is 25.5 Å². The molecule has 1 amide bonds. The molecule has 1 atom stereocenters. The van der Waals surface area contributed by atoms with Gasteiger partial charge in [-0.25, -0.2) is 17.2 Å². The molecule has 1 saturated heterocycles. The van der Waals surface area contributed by atoms with Crippen molar-refractivity contribution in [3.05, 3.63) is 46.9 Å². The minimum Gasteiger partial charge on any atom is -0.361 e. The van der Waals surface area contributed by atoms with Crippen molar-refractivity contribution in [2.24, 2.45) is 0 Å². The summed E-state index contributed by atoms with van der Waals surface area (Å²) in [6.45, 7) is 5.66. The topological polar surface area (TPSA) is 83.7 Å². The van der Waals surface area contributed by atoms with Crippen molar-refractivity contribution in [1.82, 2.24) is 14.4 Å². The Morgan fingerprint density at radius 3 is 2.36 bits per heavy atom. The van der Waals surface area contributed by atoms with Crippen LogP contribution in [-0.4, -0.2) is 54.9 Å². The summed E-state index contributed by atoms with van der Waals surface area (Å²) in [6.07, 6.45) is 0. The summed E-state index contributed by atoms with van der Waals surface area (Å²) in [5.74, 6) is -2.03. The number of halogens is 2. The Morgan fingerprint density at radius 1 is 1.18 bits per heavy atom. The van der Waals surface area contributed by atoms with E-state index in [4.69, 9.17) is 4.52 Å². The summed E-state index contributed by atoms with van der Waals surface area (Å²) in [7, 11) is -4.11. The Bertz CT molecular complexity index is 979. The van der Waals surface area contributed by atoms with Gasteiger partial charge in [-0.3, -0.25) is 4.79 Å². The molecule has 2 heterocycles. The van der Waals surface area contributed by atoms with E-state index < -0.39 is 32.5 Å². The maximum absolute atomic E-state index is 13.9. The Balaban J connectivity index is 1.71. The first kappa shape index (κ1) is 20.4. The Kier molecular flexibility index (Phi) is 5.53. The summed E-state index contributed by atoms with van der Waals surface area (Å²) in [4.78, 5) is 13.8. The molecule has 152 valence electrons. The molecule has 1 aromatic heterocycles. The second kappa shape index (κ2) is 7.59. The van der Waals surface area contributed by atoms with Gasteiger partial charge in [-0.15, -0.1) is 0 Å². The van der Waals surface area contributed by atoms with Gasteiger partial charge in [0.2, 0.25) is 15.9 Å². The Hall–Kier alpha value is -2.33. The highest BCUT2D eigenvalue weighted by atomic mass is 32.2. The van der Waals surface area contributed by atoms with Crippen LogP contribution in [0.4, 0.5) is 8.78 Å². The third kappa shape index (κ3) is 3.66. The molecule has 10 heteroatoms. The maximum atomic E-state index is 13.9. The van der Waals surface area contributed by atoms with E-state index in [9.17, 15) is 22.0 Å². The molecule has 7 nitrogen and oxygen atoms in total. The number of rotatable bonds is 4. The van der Waals surface area contributed by atoms with Crippen molar-refractivity contribution in [1.29, 1.82) is 0 Å². The second-order valence-electron chi connectivity index (χ2n) is 6.76. The van der Waals surface area contributed by atoms with E-state index in [1.165, 1.54) is 0 Å². The molecule has 0 N–H and O–H groups in total. The molecule has 3 rings (SSSR count). The lowest BCUT2D eigenvalue weighted by atomic mass is 9.98. The maximum Gasteiger partial charge on any atom is 0.246 e. The molecule has 1 aromatic carbocycles. The lowest BCUT2D eigenvalue weighted by molar-refractivity contribution is -0.133. The van der Waals surface area contributed by atoms with E-state index in [-0.39, 0.29) is 32.1 Å².